The Bertz CT molecular complexity index is 964. The molecule has 2 aromatic heterocycles. The molecule has 0 aliphatic carbocycles. The summed E-state index contributed by atoms with van der Waals surface area (Å²) in [5, 5.41) is 21.2. The highest BCUT2D eigenvalue weighted by Crippen LogP contribution is 2.23. The van der Waals surface area contributed by atoms with Gasteiger partial charge >= 0.3 is 0 Å². The maximum absolute atomic E-state index is 12.3. The molecule has 2 N–H and O–H groups in total. The molecule has 1 saturated heterocycles. The Morgan fingerprint density at radius 3 is 2.77 bits per heavy atom. The van der Waals surface area contributed by atoms with Crippen molar-refractivity contribution in [1.29, 1.82) is 0 Å². The van der Waals surface area contributed by atoms with Gasteiger partial charge in [-0.3, -0.25) is 14.5 Å². The highest BCUT2D eigenvalue weighted by atomic mass is 16.5. The number of hydrogen-bond donors (Lipinski definition) is 2. The van der Waals surface area contributed by atoms with E-state index in [2.05, 4.69) is 20.6 Å². The van der Waals surface area contributed by atoms with Crippen LogP contribution < -0.4 is 5.32 Å². The summed E-state index contributed by atoms with van der Waals surface area (Å²) in [6, 6.07) is 15.2. The van der Waals surface area contributed by atoms with Crippen molar-refractivity contribution in [3.63, 3.8) is 0 Å². The molecular weight excluding hydrogens is 394 g/mol. The van der Waals surface area contributed by atoms with E-state index in [1.165, 1.54) is 0 Å². The average molecular weight is 422 g/mol. The first-order chi connectivity index (χ1) is 15.2. The van der Waals surface area contributed by atoms with Gasteiger partial charge in [0.15, 0.2) is 0 Å². The number of aliphatic hydroxyl groups is 1. The Kier molecular flexibility index (Phi) is 7.01. The predicted octanol–water partition coefficient (Wildman–Crippen LogP) is 2.00. The molecule has 4 rings (SSSR count). The zero-order valence-corrected chi connectivity index (χ0v) is 17.3. The first-order valence-corrected chi connectivity index (χ1v) is 10.6. The number of nitrogens with zero attached hydrogens (tertiary/aromatic N) is 4. The maximum atomic E-state index is 12.3. The first kappa shape index (κ1) is 21.1. The molecule has 1 fully saturated rings. The van der Waals surface area contributed by atoms with Gasteiger partial charge in [0.05, 0.1) is 31.4 Å². The molecule has 1 aliphatic heterocycles. The zero-order chi connectivity index (χ0) is 21.5. The van der Waals surface area contributed by atoms with Gasteiger partial charge in [-0.2, -0.15) is 0 Å². The minimum atomic E-state index is -0.415. The lowest BCUT2D eigenvalue weighted by molar-refractivity contribution is -0.128. The van der Waals surface area contributed by atoms with E-state index >= 15 is 0 Å². The Morgan fingerprint density at radius 1 is 1.16 bits per heavy atom. The molecule has 1 amide bonds. The second kappa shape index (κ2) is 10.3. The fourth-order valence-electron chi connectivity index (χ4n) is 3.86. The van der Waals surface area contributed by atoms with Crippen LogP contribution in [0.5, 0.6) is 0 Å². The summed E-state index contributed by atoms with van der Waals surface area (Å²) in [7, 11) is 0. The molecule has 31 heavy (non-hydrogen) atoms. The monoisotopic (exact) mass is 421 g/mol. The van der Waals surface area contributed by atoms with Gasteiger partial charge in [-0.05, 0) is 31.4 Å². The summed E-state index contributed by atoms with van der Waals surface area (Å²) in [5.74, 6) is -0.111. The molecule has 8 heteroatoms. The van der Waals surface area contributed by atoms with Crippen LogP contribution in [0, 0.1) is 0 Å². The van der Waals surface area contributed by atoms with Gasteiger partial charge in [0.25, 0.3) is 0 Å². The summed E-state index contributed by atoms with van der Waals surface area (Å²) in [5.41, 5.74) is 2.60. The number of carbonyl (C=O) groups is 1. The Labute approximate surface area is 181 Å². The third-order valence-electron chi connectivity index (χ3n) is 5.50. The van der Waals surface area contributed by atoms with Crippen LogP contribution in [0.25, 0.3) is 11.3 Å². The summed E-state index contributed by atoms with van der Waals surface area (Å²) in [6.45, 7) is 0.547. The van der Waals surface area contributed by atoms with Crippen LogP contribution >= 0.6 is 0 Å². The van der Waals surface area contributed by atoms with Gasteiger partial charge in [-0.1, -0.05) is 41.6 Å². The molecule has 3 heterocycles. The van der Waals surface area contributed by atoms with Crippen LogP contribution in [-0.2, 0) is 22.5 Å². The minimum absolute atomic E-state index is 0.00506. The maximum Gasteiger partial charge on any atom is 0.226 e. The fourth-order valence-corrected chi connectivity index (χ4v) is 3.86. The summed E-state index contributed by atoms with van der Waals surface area (Å²) in [6.07, 6.45) is 5.75. The summed E-state index contributed by atoms with van der Waals surface area (Å²) in [4.78, 5) is 16.5. The molecule has 0 saturated carbocycles. The van der Waals surface area contributed by atoms with E-state index in [0.29, 0.717) is 6.54 Å². The smallest absolute Gasteiger partial charge is 0.226 e. The van der Waals surface area contributed by atoms with Crippen molar-refractivity contribution in [3.8, 4) is 11.3 Å². The van der Waals surface area contributed by atoms with Crippen molar-refractivity contribution in [2.24, 2.45) is 0 Å². The van der Waals surface area contributed by atoms with E-state index < -0.39 is 6.10 Å². The van der Waals surface area contributed by atoms with Crippen molar-refractivity contribution in [1.82, 2.24) is 25.3 Å². The van der Waals surface area contributed by atoms with Crippen molar-refractivity contribution in [2.45, 2.75) is 50.5 Å². The van der Waals surface area contributed by atoms with Gasteiger partial charge in [0, 0.05) is 24.0 Å². The first-order valence-electron chi connectivity index (χ1n) is 10.6. The molecule has 0 unspecified atom stereocenters. The molecule has 3 atom stereocenters. The molecular formula is C23H27N5O3. The fraction of sp³-hybridized carbons (Fsp3) is 0.391. The number of ether oxygens (including phenoxy) is 1. The number of aliphatic hydroxyl groups excluding tert-OH is 1. The highest BCUT2D eigenvalue weighted by Gasteiger charge is 2.31. The zero-order valence-electron chi connectivity index (χ0n) is 17.3. The van der Waals surface area contributed by atoms with E-state index in [9.17, 15) is 9.90 Å². The van der Waals surface area contributed by atoms with Crippen LogP contribution in [0.4, 0.5) is 0 Å². The van der Waals surface area contributed by atoms with Gasteiger partial charge in [0.1, 0.15) is 11.8 Å². The quantitative estimate of drug-likeness (QED) is 0.577. The number of aryl methyl sites for hydroxylation is 1. The molecule has 0 spiro atoms. The van der Waals surface area contributed by atoms with Gasteiger partial charge < -0.3 is 15.2 Å². The van der Waals surface area contributed by atoms with Crippen molar-refractivity contribution < 1.29 is 14.6 Å². The molecule has 1 aromatic carbocycles. The summed E-state index contributed by atoms with van der Waals surface area (Å²) >= 11 is 0. The summed E-state index contributed by atoms with van der Waals surface area (Å²) < 4.78 is 7.89. The van der Waals surface area contributed by atoms with E-state index in [1.54, 1.807) is 6.20 Å². The Morgan fingerprint density at radius 2 is 2.00 bits per heavy atom. The number of pyridine rings is 1. The number of carbonyl (C=O) groups excluding carboxylic acids is 1. The number of nitrogens with one attached hydrogen (secondary N) is 1. The second-order valence-electron chi connectivity index (χ2n) is 7.75. The van der Waals surface area contributed by atoms with Crippen molar-refractivity contribution in [2.75, 3.05) is 6.61 Å². The normalized spacial score (nSPS) is 21.0. The minimum Gasteiger partial charge on any atom is -0.394 e. The topological polar surface area (TPSA) is 102 Å². The van der Waals surface area contributed by atoms with Gasteiger partial charge in [-0.25, -0.2) is 0 Å². The highest BCUT2D eigenvalue weighted by molar-refractivity contribution is 5.78. The van der Waals surface area contributed by atoms with Crippen LogP contribution in [0.3, 0.4) is 0 Å². The van der Waals surface area contributed by atoms with E-state index in [1.807, 2.05) is 59.4 Å². The van der Waals surface area contributed by atoms with E-state index in [0.717, 1.165) is 36.2 Å². The Hall–Kier alpha value is -3.10. The molecule has 0 bridgehead atoms. The van der Waals surface area contributed by atoms with Crippen LogP contribution in [0.2, 0.25) is 0 Å². The second-order valence-corrected chi connectivity index (χ2v) is 7.75. The lowest BCUT2D eigenvalue weighted by atomic mass is 9.97. The lowest BCUT2D eigenvalue weighted by Gasteiger charge is -2.36. The number of rotatable bonds is 8. The van der Waals surface area contributed by atoms with Gasteiger partial charge in [-0.15, -0.1) is 5.10 Å². The molecule has 8 nitrogen and oxygen atoms in total. The number of amides is 1. The number of hydrogen-bond acceptors (Lipinski definition) is 6. The van der Waals surface area contributed by atoms with Gasteiger partial charge in [0.2, 0.25) is 5.91 Å². The third kappa shape index (κ3) is 5.74. The van der Waals surface area contributed by atoms with Crippen molar-refractivity contribution in [3.05, 3.63) is 66.6 Å². The standard InChI is InChI=1S/C23H27N5O3/c29-16-22-20(25-23(30)14-18-8-4-5-12-24-18)10-9-19(31-22)11-13-28-15-21(26-27-28)17-6-2-1-3-7-17/h1-8,12,15,19-20,22,29H,9-11,13-14,16H2,(H,25,30)/t19-,20+,22+/m1/s1. The van der Waals surface area contributed by atoms with E-state index in [-0.39, 0.29) is 31.1 Å². The third-order valence-corrected chi connectivity index (χ3v) is 5.50. The molecule has 1 aliphatic rings. The average Bonchev–Trinajstić information content (AvgIpc) is 3.29. The van der Waals surface area contributed by atoms with Crippen LogP contribution in [0.15, 0.2) is 60.9 Å². The van der Waals surface area contributed by atoms with E-state index in [4.69, 9.17) is 4.74 Å². The van der Waals surface area contributed by atoms with Crippen LogP contribution in [-0.4, -0.2) is 55.8 Å². The molecule has 162 valence electrons. The largest absolute Gasteiger partial charge is 0.394 e. The molecule has 3 aromatic rings. The Balaban J connectivity index is 1.26. The predicted molar refractivity (Wildman–Crippen MR) is 115 cm³/mol. The lowest BCUT2D eigenvalue weighted by Crippen LogP contribution is -2.51. The van der Waals surface area contributed by atoms with Crippen molar-refractivity contribution >= 4 is 5.91 Å². The number of benzene rings is 1. The van der Waals surface area contributed by atoms with Crippen LogP contribution in [0.1, 0.15) is 25.0 Å². The number of aromatic nitrogens is 4. The SMILES string of the molecule is O=C(Cc1ccccn1)N[C@H]1CC[C@H](CCn2cc(-c3ccccc3)nn2)O[C@H]1CO. The molecule has 0 radical (unpaired) electrons.